The molecule has 0 radical (unpaired) electrons. The van der Waals surface area contributed by atoms with Crippen molar-refractivity contribution >= 4 is 30.0 Å². The first-order valence-corrected chi connectivity index (χ1v) is 5.37. The molecule has 0 aliphatic heterocycles. The van der Waals surface area contributed by atoms with Crippen molar-refractivity contribution in [1.82, 2.24) is 0 Å². The van der Waals surface area contributed by atoms with Gasteiger partial charge in [-0.25, -0.2) is 0 Å². The number of methoxy groups -OCH3 is 1. The Balaban J connectivity index is 0.00000256. The van der Waals surface area contributed by atoms with Crippen LogP contribution in [0.4, 0.5) is 0 Å². The van der Waals surface area contributed by atoms with Gasteiger partial charge in [-0.3, -0.25) is 4.79 Å². The summed E-state index contributed by atoms with van der Waals surface area (Å²) in [6, 6.07) is 6.74. The number of halogens is 2. The first-order chi connectivity index (χ1) is 7.39. The third-order valence-corrected chi connectivity index (χ3v) is 2.93. The van der Waals surface area contributed by atoms with Gasteiger partial charge >= 0.3 is 5.97 Å². The number of hydrogen-bond donors (Lipinski definition) is 1. The van der Waals surface area contributed by atoms with E-state index in [0.717, 1.165) is 5.56 Å². The molecule has 1 aromatic rings. The number of benzene rings is 1. The Kier molecular flexibility index (Phi) is 5.96. The lowest BCUT2D eigenvalue weighted by Crippen LogP contribution is -2.37. The Morgan fingerprint density at radius 1 is 1.47 bits per heavy atom. The average molecular weight is 278 g/mol. The molecule has 3 nitrogen and oxygen atoms in total. The fourth-order valence-electron chi connectivity index (χ4n) is 1.51. The minimum atomic E-state index is -0.778. The molecule has 0 aromatic heterocycles. The van der Waals surface area contributed by atoms with Crippen molar-refractivity contribution in [2.24, 2.45) is 11.1 Å². The van der Waals surface area contributed by atoms with E-state index in [1.807, 2.05) is 12.1 Å². The topological polar surface area (TPSA) is 52.3 Å². The maximum Gasteiger partial charge on any atom is 0.313 e. The molecule has 0 fully saturated rings. The van der Waals surface area contributed by atoms with Gasteiger partial charge in [0.25, 0.3) is 0 Å². The highest BCUT2D eigenvalue weighted by Gasteiger charge is 2.36. The molecule has 1 atom stereocenters. The van der Waals surface area contributed by atoms with Crippen molar-refractivity contribution in [2.75, 3.05) is 7.11 Å². The van der Waals surface area contributed by atoms with Crippen LogP contribution < -0.4 is 5.73 Å². The van der Waals surface area contributed by atoms with E-state index in [1.165, 1.54) is 7.11 Å². The molecule has 0 bridgehead atoms. The van der Waals surface area contributed by atoms with Crippen LogP contribution >= 0.6 is 24.0 Å². The van der Waals surface area contributed by atoms with Gasteiger partial charge in [0.15, 0.2) is 0 Å². The average Bonchev–Trinajstić information content (AvgIpc) is 2.26. The lowest BCUT2D eigenvalue weighted by Gasteiger charge is -2.28. The second-order valence-electron chi connectivity index (χ2n) is 4.25. The molecular weight excluding hydrogens is 261 g/mol. The molecule has 1 aromatic carbocycles. The van der Waals surface area contributed by atoms with Crippen LogP contribution in [0.5, 0.6) is 0 Å². The molecule has 0 aliphatic rings. The summed E-state index contributed by atoms with van der Waals surface area (Å²) >= 11 is 5.88. The first-order valence-electron chi connectivity index (χ1n) is 4.99. The summed E-state index contributed by atoms with van der Waals surface area (Å²) in [4.78, 5) is 11.6. The van der Waals surface area contributed by atoms with Crippen LogP contribution in [0, 0.1) is 5.41 Å². The summed E-state index contributed by atoms with van der Waals surface area (Å²) < 4.78 is 4.74. The van der Waals surface area contributed by atoms with Crippen LogP contribution in [0.1, 0.15) is 25.5 Å². The van der Waals surface area contributed by atoms with E-state index < -0.39 is 11.5 Å². The normalized spacial score (nSPS) is 12.5. The molecule has 0 saturated carbocycles. The molecule has 17 heavy (non-hydrogen) atoms. The van der Waals surface area contributed by atoms with Crippen molar-refractivity contribution in [2.45, 2.75) is 19.9 Å². The van der Waals surface area contributed by atoms with Crippen LogP contribution in [0.3, 0.4) is 0 Å². The van der Waals surface area contributed by atoms with Crippen molar-refractivity contribution in [3.63, 3.8) is 0 Å². The van der Waals surface area contributed by atoms with E-state index in [0.29, 0.717) is 5.02 Å². The monoisotopic (exact) mass is 277 g/mol. The van der Waals surface area contributed by atoms with E-state index in [4.69, 9.17) is 22.1 Å². The lowest BCUT2D eigenvalue weighted by molar-refractivity contribution is -0.152. The van der Waals surface area contributed by atoms with E-state index in [1.54, 1.807) is 26.0 Å². The highest BCUT2D eigenvalue weighted by molar-refractivity contribution is 6.30. The smallest absolute Gasteiger partial charge is 0.313 e. The Morgan fingerprint density at radius 2 is 2.06 bits per heavy atom. The second-order valence-corrected chi connectivity index (χ2v) is 4.68. The van der Waals surface area contributed by atoms with Crippen molar-refractivity contribution in [3.8, 4) is 0 Å². The second kappa shape index (κ2) is 6.24. The Bertz CT molecular complexity index is 394. The van der Waals surface area contributed by atoms with Crippen LogP contribution in [0.15, 0.2) is 24.3 Å². The number of carbonyl (C=O) groups excluding carboxylic acids is 1. The fourth-order valence-corrected chi connectivity index (χ4v) is 1.71. The third-order valence-electron chi connectivity index (χ3n) is 2.70. The molecular formula is C12H17Cl2NO2. The number of rotatable bonds is 3. The Labute approximate surface area is 113 Å². The summed E-state index contributed by atoms with van der Waals surface area (Å²) in [5.41, 5.74) is 6.10. The van der Waals surface area contributed by atoms with E-state index in [2.05, 4.69) is 0 Å². The molecule has 2 N–H and O–H groups in total. The predicted molar refractivity (Wildman–Crippen MR) is 71.4 cm³/mol. The number of hydrogen-bond acceptors (Lipinski definition) is 3. The molecule has 5 heteroatoms. The van der Waals surface area contributed by atoms with Gasteiger partial charge in [-0.05, 0) is 31.5 Å². The predicted octanol–water partition coefficient (Wildman–Crippen LogP) is 2.96. The van der Waals surface area contributed by atoms with Crippen molar-refractivity contribution in [1.29, 1.82) is 0 Å². The maximum atomic E-state index is 11.6. The van der Waals surface area contributed by atoms with E-state index in [-0.39, 0.29) is 18.4 Å². The van der Waals surface area contributed by atoms with Crippen LogP contribution in [-0.2, 0) is 9.53 Å². The summed E-state index contributed by atoms with van der Waals surface area (Å²) in [6.07, 6.45) is 0. The molecule has 0 heterocycles. The van der Waals surface area contributed by atoms with Gasteiger partial charge < -0.3 is 10.5 Å². The van der Waals surface area contributed by atoms with Gasteiger partial charge in [0.1, 0.15) is 0 Å². The standard InChI is InChI=1S/C12H16ClNO2.ClH/c1-12(2,11(15)16-3)10(14)8-5-4-6-9(13)7-8;/h4-7,10H,14H2,1-3H3;1H/t10-;/m1./s1. The molecule has 0 aliphatic carbocycles. The number of nitrogens with two attached hydrogens (primary N) is 1. The first kappa shape index (κ1) is 16.2. The van der Waals surface area contributed by atoms with Crippen LogP contribution in [-0.4, -0.2) is 13.1 Å². The molecule has 0 spiro atoms. The molecule has 1 rings (SSSR count). The maximum absolute atomic E-state index is 11.6. The lowest BCUT2D eigenvalue weighted by atomic mass is 9.81. The fraction of sp³-hybridized carbons (Fsp3) is 0.417. The van der Waals surface area contributed by atoms with E-state index >= 15 is 0 Å². The Morgan fingerprint density at radius 3 is 2.53 bits per heavy atom. The highest BCUT2D eigenvalue weighted by atomic mass is 35.5. The zero-order valence-corrected chi connectivity index (χ0v) is 11.6. The number of ether oxygens (including phenoxy) is 1. The summed E-state index contributed by atoms with van der Waals surface area (Å²) in [6.45, 7) is 3.51. The van der Waals surface area contributed by atoms with Crippen molar-refractivity contribution in [3.05, 3.63) is 34.9 Å². The number of esters is 1. The summed E-state index contributed by atoms with van der Waals surface area (Å²) in [5, 5.41) is 0.605. The molecule has 96 valence electrons. The van der Waals surface area contributed by atoms with Gasteiger partial charge in [-0.15, -0.1) is 12.4 Å². The van der Waals surface area contributed by atoms with Gasteiger partial charge in [0, 0.05) is 11.1 Å². The molecule has 0 amide bonds. The SMILES string of the molecule is COC(=O)C(C)(C)[C@H](N)c1cccc(Cl)c1.Cl. The summed E-state index contributed by atoms with van der Waals surface area (Å²) in [7, 11) is 1.36. The molecule has 0 unspecified atom stereocenters. The van der Waals surface area contributed by atoms with E-state index in [9.17, 15) is 4.79 Å². The van der Waals surface area contributed by atoms with Gasteiger partial charge in [0.05, 0.1) is 12.5 Å². The van der Waals surface area contributed by atoms with Crippen LogP contribution in [0.2, 0.25) is 5.02 Å². The van der Waals surface area contributed by atoms with Gasteiger partial charge in [-0.2, -0.15) is 0 Å². The summed E-state index contributed by atoms with van der Waals surface area (Å²) in [5.74, 6) is -0.333. The zero-order chi connectivity index (χ0) is 12.3. The Hall–Kier alpha value is -0.770. The highest BCUT2D eigenvalue weighted by Crippen LogP contribution is 2.33. The quantitative estimate of drug-likeness (QED) is 0.865. The minimum Gasteiger partial charge on any atom is -0.469 e. The number of carbonyl (C=O) groups is 1. The largest absolute Gasteiger partial charge is 0.469 e. The zero-order valence-electron chi connectivity index (χ0n) is 10.1. The van der Waals surface area contributed by atoms with Gasteiger partial charge in [-0.1, -0.05) is 23.7 Å². The van der Waals surface area contributed by atoms with Gasteiger partial charge in [0.2, 0.25) is 0 Å². The minimum absolute atomic E-state index is 0. The van der Waals surface area contributed by atoms with Crippen molar-refractivity contribution < 1.29 is 9.53 Å². The van der Waals surface area contributed by atoms with Crippen LogP contribution in [0.25, 0.3) is 0 Å². The third kappa shape index (κ3) is 3.60. The molecule has 0 saturated heterocycles.